The molecule has 14 heavy (non-hydrogen) atoms. The van der Waals surface area contributed by atoms with Gasteiger partial charge in [0.1, 0.15) is 0 Å². The number of halogens is 1. The number of nitrogens with zero attached hydrogens (tertiary/aromatic N) is 1. The number of hydrogen-bond acceptors (Lipinski definition) is 3. The van der Waals surface area contributed by atoms with E-state index in [2.05, 4.69) is 53.5 Å². The minimum atomic E-state index is 0.364. The largest absolute Gasteiger partial charge is 0.397 e. The molecule has 0 saturated heterocycles. The van der Waals surface area contributed by atoms with E-state index in [4.69, 9.17) is 5.73 Å². The van der Waals surface area contributed by atoms with Crippen LogP contribution < -0.4 is 11.1 Å². The fourth-order valence-corrected chi connectivity index (χ4v) is 2.39. The third-order valence-electron chi connectivity index (χ3n) is 2.65. The molecule has 3 nitrogen and oxygen atoms in total. The van der Waals surface area contributed by atoms with Gasteiger partial charge < -0.3 is 11.1 Å². The SMILES string of the molecule is C=NC1=C(NC)C(N)=C(C)C(I)C1C. The lowest BCUT2D eigenvalue weighted by molar-refractivity contribution is 0.653. The van der Waals surface area contributed by atoms with E-state index in [9.17, 15) is 0 Å². The first-order chi connectivity index (χ1) is 6.54. The second-order valence-corrected chi connectivity index (χ2v) is 4.80. The van der Waals surface area contributed by atoms with Gasteiger partial charge in [0.2, 0.25) is 0 Å². The minimum Gasteiger partial charge on any atom is -0.397 e. The van der Waals surface area contributed by atoms with Crippen LogP contribution in [0.3, 0.4) is 0 Å². The van der Waals surface area contributed by atoms with E-state index in [-0.39, 0.29) is 0 Å². The molecule has 0 aromatic carbocycles. The molecule has 1 aliphatic rings. The molecule has 1 aliphatic carbocycles. The molecule has 0 saturated carbocycles. The molecule has 2 unspecified atom stereocenters. The standard InChI is InChI=1S/C10H16IN3/c1-5-7(11)6(2)9(13-3)10(14-4)8(5)12/h6-7,14H,3,12H2,1-2,4H3. The zero-order chi connectivity index (χ0) is 10.9. The zero-order valence-electron chi connectivity index (χ0n) is 8.76. The Morgan fingerprint density at radius 2 is 2.14 bits per heavy atom. The maximum Gasteiger partial charge on any atom is 0.0792 e. The fourth-order valence-electron chi connectivity index (χ4n) is 1.71. The maximum absolute atomic E-state index is 6.02. The normalized spacial score (nSPS) is 28.0. The van der Waals surface area contributed by atoms with Gasteiger partial charge >= 0.3 is 0 Å². The third kappa shape index (κ3) is 1.67. The minimum absolute atomic E-state index is 0.364. The summed E-state index contributed by atoms with van der Waals surface area (Å²) < 4.78 is 0.408. The van der Waals surface area contributed by atoms with Gasteiger partial charge in [0.15, 0.2) is 0 Å². The third-order valence-corrected chi connectivity index (χ3v) is 4.67. The summed E-state index contributed by atoms with van der Waals surface area (Å²) in [5.41, 5.74) is 9.94. The van der Waals surface area contributed by atoms with Crippen LogP contribution in [-0.4, -0.2) is 17.7 Å². The average molecular weight is 305 g/mol. The van der Waals surface area contributed by atoms with Crippen LogP contribution in [0.1, 0.15) is 13.8 Å². The Morgan fingerprint density at radius 3 is 2.57 bits per heavy atom. The van der Waals surface area contributed by atoms with Gasteiger partial charge in [-0.1, -0.05) is 29.5 Å². The number of hydrogen-bond donors (Lipinski definition) is 2. The highest BCUT2D eigenvalue weighted by Gasteiger charge is 2.29. The molecule has 0 aromatic rings. The predicted octanol–water partition coefficient (Wildman–Crippen LogP) is 1.80. The molecule has 4 heteroatoms. The van der Waals surface area contributed by atoms with E-state index in [0.717, 1.165) is 17.1 Å². The first-order valence-electron chi connectivity index (χ1n) is 4.53. The molecular weight excluding hydrogens is 289 g/mol. The predicted molar refractivity (Wildman–Crippen MR) is 69.5 cm³/mol. The van der Waals surface area contributed by atoms with Crippen LogP contribution in [0.4, 0.5) is 0 Å². The van der Waals surface area contributed by atoms with Crippen molar-refractivity contribution >= 4 is 29.3 Å². The van der Waals surface area contributed by atoms with Crippen molar-refractivity contribution in [3.8, 4) is 0 Å². The van der Waals surface area contributed by atoms with Crippen molar-refractivity contribution in [2.24, 2.45) is 16.6 Å². The summed E-state index contributed by atoms with van der Waals surface area (Å²) in [4.78, 5) is 4.06. The van der Waals surface area contributed by atoms with Crippen LogP contribution in [0.5, 0.6) is 0 Å². The van der Waals surface area contributed by atoms with E-state index < -0.39 is 0 Å². The molecule has 3 N–H and O–H groups in total. The van der Waals surface area contributed by atoms with Crippen LogP contribution in [-0.2, 0) is 0 Å². The van der Waals surface area contributed by atoms with Crippen molar-refractivity contribution < 1.29 is 0 Å². The smallest absolute Gasteiger partial charge is 0.0792 e. The summed E-state index contributed by atoms with van der Waals surface area (Å²) in [5.74, 6) is 0.364. The molecule has 78 valence electrons. The number of allylic oxidation sites excluding steroid dienone is 2. The number of alkyl halides is 1. The molecule has 0 spiro atoms. The molecule has 0 radical (unpaired) electrons. The first-order valence-corrected chi connectivity index (χ1v) is 5.78. The Balaban J connectivity index is 3.30. The van der Waals surface area contributed by atoms with Crippen LogP contribution in [0.2, 0.25) is 0 Å². The summed E-state index contributed by atoms with van der Waals surface area (Å²) >= 11 is 2.40. The first kappa shape index (κ1) is 11.6. The molecule has 0 fully saturated rings. The van der Waals surface area contributed by atoms with Gasteiger partial charge in [-0.25, -0.2) is 0 Å². The lowest BCUT2D eigenvalue weighted by atomic mass is 9.90. The van der Waals surface area contributed by atoms with Gasteiger partial charge in [-0.3, -0.25) is 4.99 Å². The summed E-state index contributed by atoms with van der Waals surface area (Å²) in [6, 6.07) is 0. The second-order valence-electron chi connectivity index (χ2n) is 3.46. The maximum atomic E-state index is 6.02. The summed E-state index contributed by atoms with van der Waals surface area (Å²) in [6.07, 6.45) is 0. The Labute approximate surface area is 98.7 Å². The zero-order valence-corrected chi connectivity index (χ0v) is 10.9. The van der Waals surface area contributed by atoms with Crippen molar-refractivity contribution in [3.63, 3.8) is 0 Å². The number of rotatable bonds is 2. The highest BCUT2D eigenvalue weighted by Crippen LogP contribution is 2.36. The van der Waals surface area contributed by atoms with Gasteiger partial charge in [-0.15, -0.1) is 0 Å². The molecular formula is C10H16IN3. The van der Waals surface area contributed by atoms with Crippen molar-refractivity contribution in [1.29, 1.82) is 0 Å². The molecule has 0 heterocycles. The Hall–Kier alpha value is -0.520. The van der Waals surface area contributed by atoms with E-state index in [1.54, 1.807) is 0 Å². The van der Waals surface area contributed by atoms with Gasteiger partial charge in [0, 0.05) is 16.9 Å². The molecule has 0 aromatic heterocycles. The van der Waals surface area contributed by atoms with E-state index in [0.29, 0.717) is 9.84 Å². The Kier molecular flexibility index (Phi) is 3.58. The highest BCUT2D eigenvalue weighted by atomic mass is 127. The fraction of sp³-hybridized carbons (Fsp3) is 0.500. The van der Waals surface area contributed by atoms with Crippen molar-refractivity contribution in [1.82, 2.24) is 5.32 Å². The summed E-state index contributed by atoms with van der Waals surface area (Å²) in [7, 11) is 1.86. The second kappa shape index (κ2) is 4.33. The molecule has 0 bridgehead atoms. The van der Waals surface area contributed by atoms with E-state index in [1.807, 2.05) is 7.05 Å². The monoisotopic (exact) mass is 305 g/mol. The summed E-state index contributed by atoms with van der Waals surface area (Å²) in [5, 5.41) is 3.10. The molecule has 1 rings (SSSR count). The molecule has 2 atom stereocenters. The number of likely N-dealkylation sites (N-methyl/N-ethyl adjacent to an activating group) is 1. The van der Waals surface area contributed by atoms with Gasteiger partial charge in [-0.05, 0) is 19.2 Å². The highest BCUT2D eigenvalue weighted by molar-refractivity contribution is 14.1. The van der Waals surface area contributed by atoms with E-state index in [1.165, 1.54) is 5.57 Å². The number of nitrogens with one attached hydrogen (secondary N) is 1. The molecule has 0 amide bonds. The lowest BCUT2D eigenvalue weighted by Crippen LogP contribution is -2.30. The van der Waals surface area contributed by atoms with Crippen molar-refractivity contribution in [2.75, 3.05) is 7.05 Å². The Morgan fingerprint density at radius 1 is 1.57 bits per heavy atom. The van der Waals surface area contributed by atoms with Gasteiger partial charge in [-0.2, -0.15) is 0 Å². The number of nitrogens with two attached hydrogens (primary N) is 1. The van der Waals surface area contributed by atoms with Crippen molar-refractivity contribution in [3.05, 3.63) is 22.7 Å². The van der Waals surface area contributed by atoms with Crippen LogP contribution in [0, 0.1) is 5.92 Å². The number of aliphatic imine (C=N–C) groups is 1. The van der Waals surface area contributed by atoms with Gasteiger partial charge in [0.05, 0.1) is 17.1 Å². The van der Waals surface area contributed by atoms with Crippen LogP contribution in [0.15, 0.2) is 27.7 Å². The van der Waals surface area contributed by atoms with E-state index >= 15 is 0 Å². The van der Waals surface area contributed by atoms with Crippen LogP contribution in [0.25, 0.3) is 0 Å². The summed E-state index contributed by atoms with van der Waals surface area (Å²) in [6.45, 7) is 7.81. The molecule has 0 aliphatic heterocycles. The quantitative estimate of drug-likeness (QED) is 0.464. The lowest BCUT2D eigenvalue weighted by Gasteiger charge is -2.29. The van der Waals surface area contributed by atoms with Crippen LogP contribution >= 0.6 is 22.6 Å². The Bertz CT molecular complexity index is 317. The van der Waals surface area contributed by atoms with Crippen molar-refractivity contribution in [2.45, 2.75) is 17.8 Å². The average Bonchev–Trinajstić information content (AvgIpc) is 2.20. The topological polar surface area (TPSA) is 50.4 Å². The van der Waals surface area contributed by atoms with Gasteiger partial charge in [0.25, 0.3) is 0 Å².